The highest BCUT2D eigenvalue weighted by Crippen LogP contribution is 2.30. The van der Waals surface area contributed by atoms with Crippen LogP contribution in [-0.4, -0.2) is 11.7 Å². The second-order valence-corrected chi connectivity index (χ2v) is 3.46. The lowest BCUT2D eigenvalue weighted by atomic mass is 10.2. The summed E-state index contributed by atoms with van der Waals surface area (Å²) in [6.07, 6.45) is 0.862. The molecule has 4 nitrogen and oxygen atoms in total. The minimum absolute atomic E-state index is 0.0182. The molecule has 0 aliphatic heterocycles. The van der Waals surface area contributed by atoms with Gasteiger partial charge < -0.3 is 14.3 Å². The van der Waals surface area contributed by atoms with E-state index in [-0.39, 0.29) is 5.75 Å². The average Bonchev–Trinajstić information content (AvgIpc) is 2.26. The Balaban J connectivity index is 2.49. The summed E-state index contributed by atoms with van der Waals surface area (Å²) in [5, 5.41) is 10.4. The van der Waals surface area contributed by atoms with Crippen LogP contribution in [0.25, 0.3) is 11.0 Å². The van der Waals surface area contributed by atoms with E-state index in [9.17, 15) is 9.90 Å². The first-order chi connectivity index (χ1) is 7.70. The van der Waals surface area contributed by atoms with E-state index in [1.165, 1.54) is 12.1 Å². The van der Waals surface area contributed by atoms with Crippen molar-refractivity contribution in [3.05, 3.63) is 34.7 Å². The van der Waals surface area contributed by atoms with Gasteiger partial charge in [0.25, 0.3) is 0 Å². The number of phenolic OH excluding ortho intramolecular Hbond substituents is 1. The van der Waals surface area contributed by atoms with E-state index < -0.39 is 5.63 Å². The Kier molecular flexibility index (Phi) is 2.81. The molecule has 1 heterocycles. The Labute approximate surface area is 92.1 Å². The van der Waals surface area contributed by atoms with Crippen LogP contribution in [0.5, 0.6) is 11.5 Å². The summed E-state index contributed by atoms with van der Waals surface area (Å²) < 4.78 is 10.3. The summed E-state index contributed by atoms with van der Waals surface area (Å²) in [7, 11) is 0. The van der Waals surface area contributed by atoms with Crippen molar-refractivity contribution in [1.82, 2.24) is 0 Å². The number of rotatable bonds is 3. The standard InChI is InChI=1S/C12H12O4/c1-2-5-15-11-6-8-3-4-12(14)16-10(8)7-9(11)13/h3-4,6-7,13H,2,5H2,1H3. The number of aromatic hydroxyl groups is 1. The number of fused-ring (bicyclic) bond motifs is 1. The SMILES string of the molecule is CCCOc1cc2ccc(=O)oc2cc1O. The molecule has 0 aliphatic rings. The molecule has 0 saturated carbocycles. The maximum atomic E-state index is 11.0. The molecule has 1 aromatic heterocycles. The van der Waals surface area contributed by atoms with Crippen LogP contribution in [0.3, 0.4) is 0 Å². The molecule has 0 aliphatic carbocycles. The average molecular weight is 220 g/mol. The van der Waals surface area contributed by atoms with Crippen molar-refractivity contribution in [3.8, 4) is 11.5 Å². The lowest BCUT2D eigenvalue weighted by Gasteiger charge is -2.07. The topological polar surface area (TPSA) is 59.7 Å². The van der Waals surface area contributed by atoms with Gasteiger partial charge in [0.1, 0.15) is 5.58 Å². The van der Waals surface area contributed by atoms with Crippen LogP contribution in [-0.2, 0) is 0 Å². The van der Waals surface area contributed by atoms with Crippen LogP contribution >= 0.6 is 0 Å². The molecule has 16 heavy (non-hydrogen) atoms. The Hall–Kier alpha value is -1.97. The molecule has 0 fully saturated rings. The zero-order chi connectivity index (χ0) is 11.5. The summed E-state index contributed by atoms with van der Waals surface area (Å²) in [5.74, 6) is 0.387. The fourth-order valence-corrected chi connectivity index (χ4v) is 1.41. The largest absolute Gasteiger partial charge is 0.504 e. The Morgan fingerprint density at radius 2 is 2.19 bits per heavy atom. The minimum Gasteiger partial charge on any atom is -0.504 e. The van der Waals surface area contributed by atoms with Gasteiger partial charge in [0.2, 0.25) is 0 Å². The van der Waals surface area contributed by atoms with Gasteiger partial charge in [0.05, 0.1) is 6.61 Å². The van der Waals surface area contributed by atoms with Crippen LogP contribution in [0, 0.1) is 0 Å². The summed E-state index contributed by atoms with van der Waals surface area (Å²) in [6, 6.07) is 6.02. The smallest absolute Gasteiger partial charge is 0.336 e. The van der Waals surface area contributed by atoms with E-state index in [2.05, 4.69) is 0 Å². The van der Waals surface area contributed by atoms with Gasteiger partial charge in [-0.3, -0.25) is 0 Å². The van der Waals surface area contributed by atoms with Crippen molar-refractivity contribution in [2.45, 2.75) is 13.3 Å². The predicted octanol–water partition coefficient (Wildman–Crippen LogP) is 2.29. The van der Waals surface area contributed by atoms with Crippen LogP contribution < -0.4 is 10.4 Å². The third-order valence-corrected chi connectivity index (χ3v) is 2.16. The third-order valence-electron chi connectivity index (χ3n) is 2.16. The van der Waals surface area contributed by atoms with Gasteiger partial charge in [-0.25, -0.2) is 4.79 Å². The van der Waals surface area contributed by atoms with E-state index in [1.54, 1.807) is 12.1 Å². The Bertz CT molecular complexity index is 556. The monoisotopic (exact) mass is 220 g/mol. The van der Waals surface area contributed by atoms with E-state index in [0.29, 0.717) is 17.9 Å². The molecule has 1 aromatic carbocycles. The summed E-state index contributed by atoms with van der Waals surface area (Å²) in [4.78, 5) is 11.0. The Morgan fingerprint density at radius 1 is 1.38 bits per heavy atom. The quantitative estimate of drug-likeness (QED) is 0.806. The van der Waals surface area contributed by atoms with Gasteiger partial charge in [-0.15, -0.1) is 0 Å². The first kappa shape index (κ1) is 10.5. The van der Waals surface area contributed by atoms with Crippen LogP contribution in [0.15, 0.2) is 33.5 Å². The lowest BCUT2D eigenvalue weighted by molar-refractivity contribution is 0.300. The fourth-order valence-electron chi connectivity index (χ4n) is 1.41. The van der Waals surface area contributed by atoms with Crippen molar-refractivity contribution < 1.29 is 14.3 Å². The molecular weight excluding hydrogens is 208 g/mol. The summed E-state index contributed by atoms with van der Waals surface area (Å²) in [6.45, 7) is 2.52. The molecule has 0 amide bonds. The number of benzene rings is 1. The molecule has 0 saturated heterocycles. The first-order valence-corrected chi connectivity index (χ1v) is 5.10. The number of phenols is 1. The van der Waals surface area contributed by atoms with Crippen molar-refractivity contribution in [2.24, 2.45) is 0 Å². The van der Waals surface area contributed by atoms with Gasteiger partial charge >= 0.3 is 5.63 Å². The number of ether oxygens (including phenoxy) is 1. The lowest BCUT2D eigenvalue weighted by Crippen LogP contribution is -1.97. The second kappa shape index (κ2) is 4.26. The summed E-state index contributed by atoms with van der Waals surface area (Å²) >= 11 is 0. The van der Waals surface area contributed by atoms with Crippen molar-refractivity contribution >= 4 is 11.0 Å². The van der Waals surface area contributed by atoms with E-state index in [0.717, 1.165) is 11.8 Å². The molecule has 4 heteroatoms. The summed E-state index contributed by atoms with van der Waals surface area (Å²) in [5.41, 5.74) is -0.0806. The van der Waals surface area contributed by atoms with E-state index >= 15 is 0 Å². The molecule has 84 valence electrons. The second-order valence-electron chi connectivity index (χ2n) is 3.46. The molecular formula is C12H12O4. The number of hydrogen-bond donors (Lipinski definition) is 1. The van der Waals surface area contributed by atoms with Crippen LogP contribution in [0.4, 0.5) is 0 Å². The number of hydrogen-bond acceptors (Lipinski definition) is 4. The highest BCUT2D eigenvalue weighted by atomic mass is 16.5. The van der Waals surface area contributed by atoms with Crippen LogP contribution in [0.2, 0.25) is 0 Å². The molecule has 0 radical (unpaired) electrons. The molecule has 0 atom stereocenters. The first-order valence-electron chi connectivity index (χ1n) is 5.10. The van der Waals surface area contributed by atoms with Gasteiger partial charge in [-0.05, 0) is 18.6 Å². The zero-order valence-electron chi connectivity index (χ0n) is 8.90. The highest BCUT2D eigenvalue weighted by molar-refractivity contribution is 5.80. The van der Waals surface area contributed by atoms with Gasteiger partial charge in [0.15, 0.2) is 11.5 Å². The third kappa shape index (κ3) is 2.00. The minimum atomic E-state index is -0.436. The molecule has 0 spiro atoms. The van der Waals surface area contributed by atoms with Crippen LogP contribution in [0.1, 0.15) is 13.3 Å². The van der Waals surface area contributed by atoms with E-state index in [4.69, 9.17) is 9.15 Å². The zero-order valence-corrected chi connectivity index (χ0v) is 8.90. The highest BCUT2D eigenvalue weighted by Gasteiger charge is 2.06. The van der Waals surface area contributed by atoms with Crippen molar-refractivity contribution in [2.75, 3.05) is 6.61 Å². The van der Waals surface area contributed by atoms with Gasteiger partial charge in [-0.2, -0.15) is 0 Å². The van der Waals surface area contributed by atoms with Crippen molar-refractivity contribution in [3.63, 3.8) is 0 Å². The van der Waals surface area contributed by atoms with E-state index in [1.807, 2.05) is 6.92 Å². The molecule has 1 N–H and O–H groups in total. The molecule has 2 rings (SSSR count). The Morgan fingerprint density at radius 3 is 2.94 bits per heavy atom. The maximum Gasteiger partial charge on any atom is 0.336 e. The molecule has 2 aromatic rings. The van der Waals surface area contributed by atoms with Gasteiger partial charge in [-0.1, -0.05) is 6.92 Å². The fraction of sp³-hybridized carbons (Fsp3) is 0.250. The van der Waals surface area contributed by atoms with Gasteiger partial charge in [0, 0.05) is 17.5 Å². The van der Waals surface area contributed by atoms with Crippen molar-refractivity contribution in [1.29, 1.82) is 0 Å². The predicted molar refractivity (Wildman–Crippen MR) is 59.9 cm³/mol. The molecule has 0 unspecified atom stereocenters. The normalized spacial score (nSPS) is 10.6. The maximum absolute atomic E-state index is 11.0. The molecule has 0 bridgehead atoms.